The summed E-state index contributed by atoms with van der Waals surface area (Å²) >= 11 is 0. The van der Waals surface area contributed by atoms with Gasteiger partial charge in [-0.3, -0.25) is 9.59 Å². The van der Waals surface area contributed by atoms with Crippen molar-refractivity contribution in [2.75, 3.05) is 0 Å². The highest BCUT2D eigenvalue weighted by Crippen LogP contribution is 1.80. The Kier molecular flexibility index (Phi) is 3.42. The van der Waals surface area contributed by atoms with Crippen molar-refractivity contribution in [1.29, 1.82) is 0 Å². The van der Waals surface area contributed by atoms with Gasteiger partial charge in [0.2, 0.25) is 5.91 Å². The molecule has 0 saturated carbocycles. The first-order valence-electron chi connectivity index (χ1n) is 2.54. The maximum Gasteiger partial charge on any atom is 0.312 e. The summed E-state index contributed by atoms with van der Waals surface area (Å²) < 4.78 is 0. The summed E-state index contributed by atoms with van der Waals surface area (Å²) in [4.78, 5) is 20.2. The summed E-state index contributed by atoms with van der Waals surface area (Å²) in [6, 6.07) is 0. The zero-order valence-corrected chi connectivity index (χ0v) is 5.20. The van der Waals surface area contributed by atoms with Crippen LogP contribution in [0.5, 0.6) is 0 Å². The number of aliphatic carboxylic acids is 1. The predicted molar refractivity (Wildman–Crippen MR) is 31.8 cm³/mol. The minimum Gasteiger partial charge on any atom is -0.481 e. The second kappa shape index (κ2) is 3.84. The number of hydrogen-bond donors (Lipinski definition) is 3. The van der Waals surface area contributed by atoms with Crippen LogP contribution in [0.2, 0.25) is 0 Å². The van der Waals surface area contributed by atoms with Crippen molar-refractivity contribution in [3.05, 3.63) is 6.92 Å². The van der Waals surface area contributed by atoms with Crippen molar-refractivity contribution < 1.29 is 19.8 Å². The molecule has 0 aliphatic heterocycles. The van der Waals surface area contributed by atoms with Gasteiger partial charge < -0.3 is 15.5 Å². The highest BCUT2D eigenvalue weighted by atomic mass is 16.4. The smallest absolute Gasteiger partial charge is 0.312 e. The van der Waals surface area contributed by atoms with Crippen molar-refractivity contribution in [3.8, 4) is 0 Å². The van der Waals surface area contributed by atoms with E-state index in [0.29, 0.717) is 0 Å². The molecule has 57 valence electrons. The van der Waals surface area contributed by atoms with Crippen LogP contribution >= 0.6 is 0 Å². The molecule has 0 aromatic carbocycles. The van der Waals surface area contributed by atoms with E-state index in [4.69, 9.17) is 10.2 Å². The molecule has 3 N–H and O–H groups in total. The van der Waals surface area contributed by atoms with Gasteiger partial charge in [0.15, 0.2) is 0 Å². The Morgan fingerprint density at radius 3 is 2.40 bits per heavy atom. The lowest BCUT2D eigenvalue weighted by Crippen LogP contribution is -2.33. The highest BCUT2D eigenvalue weighted by molar-refractivity contribution is 5.93. The van der Waals surface area contributed by atoms with Crippen LogP contribution in [0.1, 0.15) is 6.42 Å². The molecule has 0 heterocycles. The van der Waals surface area contributed by atoms with Crippen LogP contribution in [0.3, 0.4) is 0 Å². The van der Waals surface area contributed by atoms with Crippen molar-refractivity contribution in [2.45, 2.75) is 12.6 Å². The standard InChI is InChI=1S/C5H8NO4/c1-3(7)6-4(8)2-5(9)10/h3,7H,1-2H2,(H,6,8)(H,9,10). The zero-order chi connectivity index (χ0) is 8.15. The number of rotatable bonds is 3. The van der Waals surface area contributed by atoms with E-state index >= 15 is 0 Å². The molecule has 1 radical (unpaired) electrons. The Labute approximate surface area is 57.7 Å². The average Bonchev–Trinajstić information content (AvgIpc) is 1.58. The number of aliphatic hydroxyl groups excluding tert-OH is 1. The van der Waals surface area contributed by atoms with E-state index < -0.39 is 24.5 Å². The van der Waals surface area contributed by atoms with Gasteiger partial charge in [0.25, 0.3) is 0 Å². The van der Waals surface area contributed by atoms with Crippen molar-refractivity contribution in [2.24, 2.45) is 0 Å². The van der Waals surface area contributed by atoms with Crippen molar-refractivity contribution in [3.63, 3.8) is 0 Å². The van der Waals surface area contributed by atoms with E-state index in [1.165, 1.54) is 0 Å². The lowest BCUT2D eigenvalue weighted by molar-refractivity contribution is -0.141. The number of aliphatic hydroxyl groups is 1. The zero-order valence-electron chi connectivity index (χ0n) is 5.20. The summed E-state index contributed by atoms with van der Waals surface area (Å²) in [5, 5.41) is 18.3. The van der Waals surface area contributed by atoms with E-state index in [-0.39, 0.29) is 0 Å². The summed E-state index contributed by atoms with van der Waals surface area (Å²) in [5.74, 6) is -1.99. The van der Waals surface area contributed by atoms with Gasteiger partial charge in [0.1, 0.15) is 12.6 Å². The molecule has 0 fully saturated rings. The third kappa shape index (κ3) is 5.04. The van der Waals surface area contributed by atoms with Gasteiger partial charge in [0, 0.05) is 0 Å². The molecule has 1 amide bonds. The predicted octanol–water partition coefficient (Wildman–Crippen LogP) is -1.27. The fourth-order valence-corrected chi connectivity index (χ4v) is 0.374. The molecule has 0 aromatic rings. The van der Waals surface area contributed by atoms with Crippen LogP contribution in [-0.2, 0) is 9.59 Å². The number of carbonyl (C=O) groups is 2. The number of hydrogen-bond acceptors (Lipinski definition) is 3. The number of carboxylic acid groups (broad SMARTS) is 1. The lowest BCUT2D eigenvalue weighted by Gasteiger charge is -2.03. The van der Waals surface area contributed by atoms with E-state index in [0.717, 1.165) is 0 Å². The first kappa shape index (κ1) is 8.90. The molecule has 5 heteroatoms. The average molecular weight is 146 g/mol. The molecule has 0 aliphatic carbocycles. The van der Waals surface area contributed by atoms with E-state index in [1.807, 2.05) is 5.32 Å². The molecule has 0 spiro atoms. The second-order valence-corrected chi connectivity index (χ2v) is 1.65. The third-order valence-electron chi connectivity index (χ3n) is 0.639. The molecule has 0 rings (SSSR count). The van der Waals surface area contributed by atoms with Gasteiger partial charge in [0.05, 0.1) is 0 Å². The molecule has 1 unspecified atom stereocenters. The summed E-state index contributed by atoms with van der Waals surface area (Å²) in [6.07, 6.45) is -1.89. The Morgan fingerprint density at radius 1 is 1.60 bits per heavy atom. The van der Waals surface area contributed by atoms with E-state index in [9.17, 15) is 9.59 Å². The fourth-order valence-electron chi connectivity index (χ4n) is 0.374. The third-order valence-corrected chi connectivity index (χ3v) is 0.639. The number of amides is 1. The Bertz CT molecular complexity index is 143. The maximum absolute atomic E-state index is 10.4. The Balaban J connectivity index is 3.54. The monoisotopic (exact) mass is 146 g/mol. The summed E-state index contributed by atoms with van der Waals surface area (Å²) in [5.41, 5.74) is 0. The SMILES string of the molecule is [CH2]C(O)NC(=O)CC(=O)O. The van der Waals surface area contributed by atoms with Crippen LogP contribution in [-0.4, -0.2) is 28.3 Å². The van der Waals surface area contributed by atoms with Gasteiger partial charge in [-0.15, -0.1) is 0 Å². The molecule has 0 aromatic heterocycles. The van der Waals surface area contributed by atoms with Crippen molar-refractivity contribution in [1.82, 2.24) is 5.32 Å². The fraction of sp³-hybridized carbons (Fsp3) is 0.400. The van der Waals surface area contributed by atoms with Crippen LogP contribution in [0.15, 0.2) is 0 Å². The molecular formula is C5H8NO4. The topological polar surface area (TPSA) is 86.6 Å². The van der Waals surface area contributed by atoms with E-state index in [2.05, 4.69) is 6.92 Å². The lowest BCUT2D eigenvalue weighted by atomic mass is 10.4. The van der Waals surface area contributed by atoms with Gasteiger partial charge in [-0.25, -0.2) is 0 Å². The second-order valence-electron chi connectivity index (χ2n) is 1.65. The largest absolute Gasteiger partial charge is 0.481 e. The summed E-state index contributed by atoms with van der Waals surface area (Å²) in [7, 11) is 0. The Hall–Kier alpha value is -1.10. The van der Waals surface area contributed by atoms with Gasteiger partial charge in [-0.1, -0.05) is 0 Å². The van der Waals surface area contributed by atoms with Crippen molar-refractivity contribution >= 4 is 11.9 Å². The quantitative estimate of drug-likeness (QED) is 0.342. The molecular weight excluding hydrogens is 138 g/mol. The minimum atomic E-state index is -1.24. The van der Waals surface area contributed by atoms with Crippen LogP contribution < -0.4 is 5.32 Å². The molecule has 10 heavy (non-hydrogen) atoms. The molecule has 5 nitrogen and oxygen atoms in total. The molecule has 0 saturated heterocycles. The molecule has 0 bridgehead atoms. The van der Waals surface area contributed by atoms with Gasteiger partial charge in [-0.05, 0) is 6.92 Å². The number of carboxylic acids is 1. The molecule has 1 atom stereocenters. The molecule has 0 aliphatic rings. The van der Waals surface area contributed by atoms with Crippen LogP contribution in [0.4, 0.5) is 0 Å². The first-order valence-corrected chi connectivity index (χ1v) is 2.54. The normalized spacial score (nSPS) is 12.2. The van der Waals surface area contributed by atoms with E-state index in [1.54, 1.807) is 0 Å². The van der Waals surface area contributed by atoms with Gasteiger partial charge in [-0.2, -0.15) is 0 Å². The highest BCUT2D eigenvalue weighted by Gasteiger charge is 2.07. The first-order chi connectivity index (χ1) is 4.52. The van der Waals surface area contributed by atoms with Crippen LogP contribution in [0, 0.1) is 6.92 Å². The minimum absolute atomic E-state index is 0.646. The maximum atomic E-state index is 10.4. The van der Waals surface area contributed by atoms with Crippen LogP contribution in [0.25, 0.3) is 0 Å². The van der Waals surface area contributed by atoms with Gasteiger partial charge >= 0.3 is 5.97 Å². The number of carbonyl (C=O) groups excluding carboxylic acids is 1. The summed E-state index contributed by atoms with van der Waals surface area (Å²) in [6.45, 7) is 3.02. The Morgan fingerprint density at radius 2 is 2.10 bits per heavy atom. The number of nitrogens with one attached hydrogen (secondary N) is 1.